The van der Waals surface area contributed by atoms with Gasteiger partial charge >= 0.3 is 0 Å². The molecule has 49 heavy (non-hydrogen) atoms. The Morgan fingerprint density at radius 2 is 1.76 bits per heavy atom. The highest BCUT2D eigenvalue weighted by atomic mass is 16.7. The zero-order chi connectivity index (χ0) is 35.8. The van der Waals surface area contributed by atoms with Crippen molar-refractivity contribution >= 4 is 11.8 Å². The monoisotopic (exact) mass is 691 g/mol. The van der Waals surface area contributed by atoms with Crippen molar-refractivity contribution in [3.63, 3.8) is 0 Å². The van der Waals surface area contributed by atoms with Crippen LogP contribution in [0.1, 0.15) is 99.3 Å². The number of hydrogen-bond donors (Lipinski definition) is 4. The minimum Gasteiger partial charge on any atom is -0.394 e. The Morgan fingerprint density at radius 3 is 2.35 bits per heavy atom. The molecule has 5 aliphatic carbocycles. The van der Waals surface area contributed by atoms with E-state index in [1.165, 1.54) is 6.42 Å². The second-order valence-electron chi connectivity index (χ2n) is 18.1. The van der Waals surface area contributed by atoms with Gasteiger partial charge in [-0.15, -0.1) is 0 Å². The normalized spacial score (nSPS) is 40.5. The molecule has 0 radical (unpaired) electrons. The van der Waals surface area contributed by atoms with Crippen molar-refractivity contribution in [1.29, 1.82) is 0 Å². The molecule has 14 atom stereocenters. The van der Waals surface area contributed by atoms with Gasteiger partial charge < -0.3 is 30.5 Å². The molecule has 4 N–H and O–H groups in total. The highest BCUT2D eigenvalue weighted by Crippen LogP contribution is 2.61. The maximum Gasteiger partial charge on any atom is 0.240 e. The van der Waals surface area contributed by atoms with Crippen LogP contribution in [0.25, 0.3) is 0 Å². The van der Waals surface area contributed by atoms with E-state index in [2.05, 4.69) is 64.2 Å². The van der Waals surface area contributed by atoms with Crippen molar-refractivity contribution < 1.29 is 29.4 Å². The number of hydroxylamine groups is 2. The maximum atomic E-state index is 14.2. The zero-order valence-corrected chi connectivity index (χ0v) is 32.1. The average molecular weight is 691 g/mol. The second kappa shape index (κ2) is 16.2. The van der Waals surface area contributed by atoms with Gasteiger partial charge in [0.25, 0.3) is 0 Å². The molecule has 6 aliphatic rings. The minimum absolute atomic E-state index is 0.0177. The van der Waals surface area contributed by atoms with Crippen LogP contribution < -0.4 is 10.6 Å². The number of carbonyl (C=O) groups is 2. The molecule has 2 bridgehead atoms. The highest BCUT2D eigenvalue weighted by molar-refractivity contribution is 5.83. The lowest BCUT2D eigenvalue weighted by Gasteiger charge is -2.62. The van der Waals surface area contributed by atoms with E-state index < -0.39 is 24.2 Å². The number of rotatable bonds is 13. The summed E-state index contributed by atoms with van der Waals surface area (Å²) in [7, 11) is 5.91. The van der Waals surface area contributed by atoms with Gasteiger partial charge in [0.05, 0.1) is 18.8 Å². The summed E-state index contributed by atoms with van der Waals surface area (Å²) in [5.74, 6) is 2.42. The first kappa shape index (κ1) is 38.9. The number of nitrogens with zero attached hydrogens (tertiary/aromatic N) is 2. The van der Waals surface area contributed by atoms with Gasteiger partial charge in [0.1, 0.15) is 12.1 Å². The van der Waals surface area contributed by atoms with Crippen LogP contribution in [0.3, 0.4) is 0 Å². The van der Waals surface area contributed by atoms with E-state index in [4.69, 9.17) is 9.57 Å². The quantitative estimate of drug-likeness (QED) is 0.228. The predicted octanol–water partition coefficient (Wildman–Crippen LogP) is 4.09. The van der Waals surface area contributed by atoms with Crippen LogP contribution in [0.4, 0.5) is 0 Å². The number of methoxy groups -OCH3 is 1. The van der Waals surface area contributed by atoms with Gasteiger partial charge in [-0.2, -0.15) is 5.06 Å². The summed E-state index contributed by atoms with van der Waals surface area (Å²) in [6.07, 6.45) is 7.81. The number of nitrogens with one attached hydrogen (secondary N) is 2. The third-order valence-electron chi connectivity index (χ3n) is 14.1. The average Bonchev–Trinajstić information content (AvgIpc) is 3.43. The summed E-state index contributed by atoms with van der Waals surface area (Å²) in [5, 5.41) is 29.8. The summed E-state index contributed by atoms with van der Waals surface area (Å²) in [5.41, 5.74) is 0.324. The largest absolute Gasteiger partial charge is 0.394 e. The number of fused-ring (bicyclic) bond motifs is 2. The standard InChI is InChI=1S/C39H70N4O6/c1-22(2)32(20-42(7)8)41-37(46)26-13-10-12-25(16-26)29-15-11-14-27(36(29)48-9)19-43-35(34(24(4)45)33(21-44)49-43)38(47)40-31-18-28-17-30(23(31)3)39(28,5)6/h22-36,44-45H,10-21H2,1-9H3,(H,40,47)(H,41,46)/t23-,24?,25?,26?,27?,28+,29?,30-,31-,32+,33-,34?,35-,36?/m0/s1. The fourth-order valence-corrected chi connectivity index (χ4v) is 11.1. The van der Waals surface area contributed by atoms with Crippen molar-refractivity contribution in [2.24, 2.45) is 58.7 Å². The van der Waals surface area contributed by atoms with E-state index >= 15 is 0 Å². The van der Waals surface area contributed by atoms with Crippen LogP contribution in [-0.4, -0.2) is 109 Å². The van der Waals surface area contributed by atoms with Crippen molar-refractivity contribution in [3.8, 4) is 0 Å². The summed E-state index contributed by atoms with van der Waals surface area (Å²) in [4.78, 5) is 36.3. The smallest absolute Gasteiger partial charge is 0.240 e. The Morgan fingerprint density at radius 1 is 1.04 bits per heavy atom. The number of aliphatic hydroxyl groups is 2. The molecule has 1 heterocycles. The Hall–Kier alpha value is -1.30. The number of ether oxygens (including phenoxy) is 1. The molecule has 6 fully saturated rings. The lowest BCUT2D eigenvalue weighted by atomic mass is 9.45. The predicted molar refractivity (Wildman–Crippen MR) is 191 cm³/mol. The molecule has 5 saturated carbocycles. The van der Waals surface area contributed by atoms with Crippen molar-refractivity contribution in [2.45, 2.75) is 136 Å². The summed E-state index contributed by atoms with van der Waals surface area (Å²) in [6, 6.07) is -0.450. The fourth-order valence-electron chi connectivity index (χ4n) is 11.1. The van der Waals surface area contributed by atoms with Gasteiger partial charge in [0, 0.05) is 50.0 Å². The molecule has 10 nitrogen and oxygen atoms in total. The molecule has 6 rings (SSSR count). The van der Waals surface area contributed by atoms with Crippen molar-refractivity contribution in [2.75, 3.05) is 40.9 Å². The first-order valence-corrected chi connectivity index (χ1v) is 19.7. The molecule has 0 spiro atoms. The van der Waals surface area contributed by atoms with E-state index in [-0.39, 0.29) is 48.4 Å². The first-order chi connectivity index (χ1) is 23.2. The number of carbonyl (C=O) groups excluding carboxylic acids is 2. The van der Waals surface area contributed by atoms with Gasteiger partial charge in [-0.3, -0.25) is 14.4 Å². The summed E-state index contributed by atoms with van der Waals surface area (Å²) in [6.45, 7) is 14.1. The Kier molecular flexibility index (Phi) is 12.8. The van der Waals surface area contributed by atoms with E-state index in [0.29, 0.717) is 47.5 Å². The molecule has 7 unspecified atom stereocenters. The maximum absolute atomic E-state index is 14.2. The highest BCUT2D eigenvalue weighted by Gasteiger charge is 2.58. The van der Waals surface area contributed by atoms with Crippen LogP contribution in [0.15, 0.2) is 0 Å². The van der Waals surface area contributed by atoms with E-state index in [0.717, 1.165) is 57.9 Å². The molecule has 10 heteroatoms. The van der Waals surface area contributed by atoms with Crippen LogP contribution in [0.2, 0.25) is 0 Å². The number of aliphatic hydroxyl groups excluding tert-OH is 2. The molecule has 2 amide bonds. The molecule has 1 saturated heterocycles. The molecular weight excluding hydrogens is 620 g/mol. The second-order valence-corrected chi connectivity index (χ2v) is 18.1. The van der Waals surface area contributed by atoms with Gasteiger partial charge in [0.2, 0.25) is 11.8 Å². The fraction of sp³-hybridized carbons (Fsp3) is 0.949. The van der Waals surface area contributed by atoms with Gasteiger partial charge in [0.15, 0.2) is 0 Å². The summed E-state index contributed by atoms with van der Waals surface area (Å²) >= 11 is 0. The van der Waals surface area contributed by atoms with Crippen LogP contribution in [0.5, 0.6) is 0 Å². The number of hydrogen-bond acceptors (Lipinski definition) is 8. The molecule has 0 aromatic rings. The third kappa shape index (κ3) is 8.20. The van der Waals surface area contributed by atoms with E-state index in [1.54, 1.807) is 19.1 Å². The van der Waals surface area contributed by atoms with Gasteiger partial charge in [-0.05, 0) is 100 Å². The lowest BCUT2D eigenvalue weighted by molar-refractivity contribution is -0.193. The number of likely N-dealkylation sites (N-methyl/N-ethyl adjacent to an activating group) is 1. The molecular formula is C39H70N4O6. The van der Waals surface area contributed by atoms with E-state index in [1.807, 2.05) is 0 Å². The zero-order valence-electron chi connectivity index (χ0n) is 32.1. The Bertz CT molecular complexity index is 1120. The third-order valence-corrected chi connectivity index (χ3v) is 14.1. The van der Waals surface area contributed by atoms with E-state index in [9.17, 15) is 19.8 Å². The lowest BCUT2D eigenvalue weighted by Crippen LogP contribution is -2.62. The van der Waals surface area contributed by atoms with Crippen LogP contribution in [0, 0.1) is 58.7 Å². The molecule has 0 aromatic heterocycles. The van der Waals surface area contributed by atoms with Gasteiger partial charge in [-0.1, -0.05) is 53.9 Å². The molecule has 0 aromatic carbocycles. The van der Waals surface area contributed by atoms with Crippen LogP contribution in [-0.2, 0) is 19.2 Å². The topological polar surface area (TPSA) is 124 Å². The molecule has 1 aliphatic heterocycles. The number of amides is 2. The SMILES string of the molecule is COC1C(CN2O[C@@H](CO)C(C(C)O)[C@H]2C(=O)N[C@H]2C[C@H]3C[C@@H]([C@@H]2C)C3(C)C)CCCC1C1CCCC(C(=O)N[C@H](CN(C)C)C(C)C)C1. The molecule has 282 valence electrons. The van der Waals surface area contributed by atoms with Crippen LogP contribution >= 0.6 is 0 Å². The Labute approximate surface area is 296 Å². The van der Waals surface area contributed by atoms with Crippen molar-refractivity contribution in [1.82, 2.24) is 20.6 Å². The minimum atomic E-state index is -0.815. The van der Waals surface area contributed by atoms with Gasteiger partial charge in [-0.25, -0.2) is 0 Å². The Balaban J connectivity index is 1.27. The first-order valence-electron chi connectivity index (χ1n) is 19.7. The summed E-state index contributed by atoms with van der Waals surface area (Å²) < 4.78 is 6.32. The van der Waals surface area contributed by atoms with Crippen molar-refractivity contribution in [3.05, 3.63) is 0 Å².